The molecule has 0 unspecified atom stereocenters. The first kappa shape index (κ1) is 6.68. The van der Waals surface area contributed by atoms with Gasteiger partial charge in [-0.3, -0.25) is 6.58 Å². The van der Waals surface area contributed by atoms with Crippen LogP contribution in [0.2, 0.25) is 0 Å². The average molecular weight is 134 g/mol. The molecule has 0 aliphatic rings. The van der Waals surface area contributed by atoms with Crippen LogP contribution in [-0.2, 0) is 0 Å². The topological polar surface area (TPSA) is 46.2 Å². The Hall–Kier alpha value is -1.44. The minimum atomic E-state index is 0.172. The van der Waals surface area contributed by atoms with E-state index in [0.29, 0.717) is 11.3 Å². The largest absolute Gasteiger partial charge is 0.510 e. The van der Waals surface area contributed by atoms with E-state index < -0.39 is 0 Å². The maximum atomic E-state index is 8.94. The van der Waals surface area contributed by atoms with E-state index in [9.17, 15) is 0 Å². The quantitative estimate of drug-likeness (QED) is 0.346. The molecule has 0 saturated carbocycles. The molecule has 2 heteroatoms. The standard InChI is InChI=1S/C8H8NO/c1-2-6-5-7(10)3-4-8(6)9/h1-5,10H,9H2/q-1. The van der Waals surface area contributed by atoms with E-state index in [0.717, 1.165) is 0 Å². The molecule has 0 bridgehead atoms. The number of hydrogen-bond acceptors (Lipinski definition) is 2. The number of nitrogens with two attached hydrogens (primary N) is 1. The second kappa shape index (κ2) is 2.43. The van der Waals surface area contributed by atoms with Crippen LogP contribution < -0.4 is 5.73 Å². The third-order valence-corrected chi connectivity index (χ3v) is 1.25. The minimum absolute atomic E-state index is 0.172. The average Bonchev–Trinajstić information content (AvgIpc) is 1.94. The number of rotatable bonds is 1. The summed E-state index contributed by atoms with van der Waals surface area (Å²) < 4.78 is 0. The fraction of sp³-hybridized carbons (Fsp3) is 0. The van der Waals surface area contributed by atoms with Crippen LogP contribution >= 0.6 is 0 Å². The van der Waals surface area contributed by atoms with Crippen LogP contribution in [0.5, 0.6) is 5.75 Å². The first-order valence-corrected chi connectivity index (χ1v) is 2.87. The zero-order valence-corrected chi connectivity index (χ0v) is 5.41. The number of phenolic OH excluding ortho intramolecular Hbond substituents is 1. The van der Waals surface area contributed by atoms with E-state index in [1.165, 1.54) is 18.2 Å². The Balaban J connectivity index is 3.21. The lowest BCUT2D eigenvalue weighted by atomic mass is 10.2. The van der Waals surface area contributed by atoms with Gasteiger partial charge < -0.3 is 10.8 Å². The van der Waals surface area contributed by atoms with Gasteiger partial charge in [0.05, 0.1) is 5.75 Å². The van der Waals surface area contributed by atoms with Crippen molar-refractivity contribution >= 4 is 11.8 Å². The molecule has 1 aromatic carbocycles. The highest BCUT2D eigenvalue weighted by Crippen LogP contribution is 2.18. The van der Waals surface area contributed by atoms with Crippen LogP contribution in [0.4, 0.5) is 5.69 Å². The molecule has 0 atom stereocenters. The third-order valence-electron chi connectivity index (χ3n) is 1.25. The number of hydrogen-bond donors (Lipinski definition) is 2. The monoisotopic (exact) mass is 134 g/mol. The molecule has 1 rings (SSSR count). The predicted molar refractivity (Wildman–Crippen MR) is 41.3 cm³/mol. The maximum Gasteiger partial charge on any atom is 0.0981 e. The lowest BCUT2D eigenvalue weighted by molar-refractivity contribution is 0.475. The highest BCUT2D eigenvalue weighted by atomic mass is 16.3. The van der Waals surface area contributed by atoms with Crippen molar-refractivity contribution in [2.75, 3.05) is 5.73 Å². The lowest BCUT2D eigenvalue weighted by Gasteiger charge is -2.06. The van der Waals surface area contributed by atoms with Crippen molar-refractivity contribution in [1.82, 2.24) is 0 Å². The smallest absolute Gasteiger partial charge is 0.0981 e. The Morgan fingerprint density at radius 1 is 1.50 bits per heavy atom. The summed E-state index contributed by atoms with van der Waals surface area (Å²) in [6, 6.07) is 4.63. The molecule has 0 aliphatic heterocycles. The Labute approximate surface area is 59.6 Å². The van der Waals surface area contributed by atoms with Gasteiger partial charge in [0.2, 0.25) is 0 Å². The number of anilines is 1. The SMILES string of the molecule is [CH-]=Cc1cc(O)ccc1N. The van der Waals surface area contributed by atoms with E-state index in [1.54, 1.807) is 6.07 Å². The van der Waals surface area contributed by atoms with Gasteiger partial charge in [-0.05, 0) is 11.8 Å². The van der Waals surface area contributed by atoms with E-state index in [-0.39, 0.29) is 5.75 Å². The number of benzene rings is 1. The first-order chi connectivity index (χ1) is 4.74. The van der Waals surface area contributed by atoms with Crippen molar-refractivity contribution in [2.24, 2.45) is 0 Å². The highest BCUT2D eigenvalue weighted by molar-refractivity contribution is 5.64. The van der Waals surface area contributed by atoms with E-state index in [2.05, 4.69) is 0 Å². The Morgan fingerprint density at radius 3 is 2.70 bits per heavy atom. The summed E-state index contributed by atoms with van der Waals surface area (Å²) in [5, 5.41) is 8.94. The Morgan fingerprint density at radius 2 is 2.20 bits per heavy atom. The summed E-state index contributed by atoms with van der Waals surface area (Å²) >= 11 is 0. The van der Waals surface area contributed by atoms with Crippen LogP contribution in [0.1, 0.15) is 5.56 Å². The zero-order chi connectivity index (χ0) is 7.56. The van der Waals surface area contributed by atoms with Gasteiger partial charge in [-0.15, -0.1) is 5.56 Å². The molecule has 3 N–H and O–H groups in total. The third kappa shape index (κ3) is 1.10. The van der Waals surface area contributed by atoms with Crippen molar-refractivity contribution in [3.05, 3.63) is 30.3 Å². The minimum Gasteiger partial charge on any atom is -0.510 e. The van der Waals surface area contributed by atoms with Gasteiger partial charge in [-0.1, -0.05) is 12.1 Å². The van der Waals surface area contributed by atoms with Gasteiger partial charge in [-0.2, -0.15) is 0 Å². The normalized spacial score (nSPS) is 9.20. The molecule has 2 nitrogen and oxygen atoms in total. The van der Waals surface area contributed by atoms with Gasteiger partial charge >= 0.3 is 0 Å². The molecule has 0 amide bonds. The van der Waals surface area contributed by atoms with E-state index in [1.807, 2.05) is 0 Å². The fourth-order valence-corrected chi connectivity index (χ4v) is 0.706. The Bertz CT molecular complexity index is 255. The summed E-state index contributed by atoms with van der Waals surface area (Å²) in [6.45, 7) is 5.20. The van der Waals surface area contributed by atoms with Crippen LogP contribution in [0.25, 0.3) is 6.08 Å². The second-order valence-corrected chi connectivity index (χ2v) is 1.98. The number of nitrogen functional groups attached to an aromatic ring is 1. The van der Waals surface area contributed by atoms with Crippen LogP contribution in [-0.4, -0.2) is 5.11 Å². The van der Waals surface area contributed by atoms with E-state index >= 15 is 0 Å². The summed E-state index contributed by atoms with van der Waals surface area (Å²) in [5.74, 6) is 0.172. The summed E-state index contributed by atoms with van der Waals surface area (Å²) in [6.07, 6.45) is 1.36. The van der Waals surface area contributed by atoms with Crippen molar-refractivity contribution in [3.8, 4) is 5.75 Å². The van der Waals surface area contributed by atoms with Crippen molar-refractivity contribution in [2.45, 2.75) is 0 Å². The second-order valence-electron chi connectivity index (χ2n) is 1.98. The van der Waals surface area contributed by atoms with Gasteiger partial charge in [-0.25, -0.2) is 6.08 Å². The molecule has 1 aromatic rings. The Kier molecular flexibility index (Phi) is 1.63. The molecule has 0 aromatic heterocycles. The zero-order valence-electron chi connectivity index (χ0n) is 5.41. The molecule has 52 valence electrons. The first-order valence-electron chi connectivity index (χ1n) is 2.87. The van der Waals surface area contributed by atoms with E-state index in [4.69, 9.17) is 17.4 Å². The van der Waals surface area contributed by atoms with Crippen molar-refractivity contribution in [3.63, 3.8) is 0 Å². The predicted octanol–water partition coefficient (Wildman–Crippen LogP) is 1.42. The molecule has 10 heavy (non-hydrogen) atoms. The van der Waals surface area contributed by atoms with Crippen molar-refractivity contribution < 1.29 is 5.11 Å². The van der Waals surface area contributed by atoms with Crippen LogP contribution in [0, 0.1) is 6.58 Å². The summed E-state index contributed by atoms with van der Waals surface area (Å²) in [5.41, 5.74) is 6.70. The molecule has 0 fully saturated rings. The summed E-state index contributed by atoms with van der Waals surface area (Å²) in [7, 11) is 0. The van der Waals surface area contributed by atoms with Crippen molar-refractivity contribution in [1.29, 1.82) is 0 Å². The highest BCUT2D eigenvalue weighted by Gasteiger charge is 1.86. The maximum absolute atomic E-state index is 8.94. The molecule has 0 radical (unpaired) electrons. The van der Waals surface area contributed by atoms with Gasteiger partial charge in [0.25, 0.3) is 0 Å². The fourth-order valence-electron chi connectivity index (χ4n) is 0.706. The molecule has 0 spiro atoms. The van der Waals surface area contributed by atoms with Crippen LogP contribution in [0.3, 0.4) is 0 Å². The lowest BCUT2D eigenvalue weighted by Crippen LogP contribution is -1.87. The van der Waals surface area contributed by atoms with Gasteiger partial charge in [0, 0.05) is 0 Å². The molecule has 0 heterocycles. The molecule has 0 aliphatic carbocycles. The number of phenols is 1. The molecular formula is C8H8NO-. The van der Waals surface area contributed by atoms with Gasteiger partial charge in [0.15, 0.2) is 0 Å². The molecular weight excluding hydrogens is 126 g/mol. The summed E-state index contributed by atoms with van der Waals surface area (Å²) in [4.78, 5) is 0. The molecule has 0 saturated heterocycles. The number of aromatic hydroxyl groups is 1. The van der Waals surface area contributed by atoms with Gasteiger partial charge in [0.1, 0.15) is 0 Å². The van der Waals surface area contributed by atoms with Crippen LogP contribution in [0.15, 0.2) is 18.2 Å².